The minimum atomic E-state index is -0.0950. The quantitative estimate of drug-likeness (QED) is 0.736. The third-order valence-corrected chi connectivity index (χ3v) is 3.27. The van der Waals surface area contributed by atoms with E-state index in [4.69, 9.17) is 9.05 Å². The van der Waals surface area contributed by atoms with Gasteiger partial charge in [-0.1, -0.05) is 19.1 Å². The zero-order valence-corrected chi connectivity index (χ0v) is 13.0. The van der Waals surface area contributed by atoms with Gasteiger partial charge in [0.05, 0.1) is 5.60 Å². The Morgan fingerprint density at radius 2 is 2.00 bits per heavy atom. The average Bonchev–Trinajstić information content (AvgIpc) is 2.18. The normalized spacial score (nSPS) is 11.5. The fourth-order valence-corrected chi connectivity index (χ4v) is 1.57. The van der Waals surface area contributed by atoms with Crippen LogP contribution in [0.3, 0.4) is 0 Å². The van der Waals surface area contributed by atoms with Gasteiger partial charge in [-0.05, 0) is 44.9 Å². The molecule has 0 radical (unpaired) electrons. The Morgan fingerprint density at radius 3 is 2.56 bits per heavy atom. The summed E-state index contributed by atoms with van der Waals surface area (Å²) in [5.74, 6) is 0.875. The van der Waals surface area contributed by atoms with Crippen LogP contribution in [0.2, 0.25) is 0 Å². The number of hydrogen-bond acceptors (Lipinski definition) is 2. The first kappa shape index (κ1) is 15.9. The molecule has 1 aromatic carbocycles. The molecule has 0 fully saturated rings. The standard InChI is InChI=1S/C12H19O2P.BrH/c1-5-12(3,4)14-15-13-11-8-6-7-10(2)9-11;/h6-9,15H,5H2,1-4H3;1H. The van der Waals surface area contributed by atoms with Crippen LogP contribution in [0.1, 0.15) is 32.8 Å². The molecule has 2 nitrogen and oxygen atoms in total. The fraction of sp³-hybridized carbons (Fsp3) is 0.500. The van der Waals surface area contributed by atoms with Crippen molar-refractivity contribution in [3.63, 3.8) is 0 Å². The van der Waals surface area contributed by atoms with Crippen molar-refractivity contribution < 1.29 is 9.05 Å². The van der Waals surface area contributed by atoms with Gasteiger partial charge in [0.1, 0.15) is 5.75 Å². The lowest BCUT2D eigenvalue weighted by molar-refractivity contribution is 0.117. The third kappa shape index (κ3) is 5.83. The molecule has 1 unspecified atom stereocenters. The zero-order chi connectivity index (χ0) is 11.3. The van der Waals surface area contributed by atoms with E-state index in [0.717, 1.165) is 12.2 Å². The monoisotopic (exact) mass is 306 g/mol. The van der Waals surface area contributed by atoms with Crippen LogP contribution in [0.5, 0.6) is 5.75 Å². The molecule has 0 N–H and O–H groups in total. The van der Waals surface area contributed by atoms with E-state index < -0.39 is 0 Å². The topological polar surface area (TPSA) is 18.5 Å². The maximum atomic E-state index is 5.63. The Hall–Kier alpha value is -0.110. The van der Waals surface area contributed by atoms with Crippen molar-refractivity contribution in [3.05, 3.63) is 29.8 Å². The number of rotatable bonds is 5. The van der Waals surface area contributed by atoms with E-state index in [-0.39, 0.29) is 31.6 Å². The van der Waals surface area contributed by atoms with Gasteiger partial charge < -0.3 is 9.05 Å². The van der Waals surface area contributed by atoms with Crippen LogP contribution in [0, 0.1) is 6.92 Å². The smallest absolute Gasteiger partial charge is 0.215 e. The molecule has 1 atom stereocenters. The van der Waals surface area contributed by atoms with Gasteiger partial charge in [0.2, 0.25) is 9.03 Å². The predicted octanol–water partition coefficient (Wildman–Crippen LogP) is 4.67. The highest BCUT2D eigenvalue weighted by atomic mass is 79.9. The summed E-state index contributed by atoms with van der Waals surface area (Å²) in [7, 11) is 0.0642. The highest BCUT2D eigenvalue weighted by Gasteiger charge is 2.15. The summed E-state index contributed by atoms with van der Waals surface area (Å²) < 4.78 is 11.2. The molecule has 0 saturated carbocycles. The molecule has 4 heteroatoms. The summed E-state index contributed by atoms with van der Waals surface area (Å²) >= 11 is 0. The van der Waals surface area contributed by atoms with E-state index in [9.17, 15) is 0 Å². The minimum absolute atomic E-state index is 0. The van der Waals surface area contributed by atoms with Crippen molar-refractivity contribution in [1.29, 1.82) is 0 Å². The molecule has 0 aromatic heterocycles. The Kier molecular flexibility index (Phi) is 7.21. The van der Waals surface area contributed by atoms with Crippen LogP contribution in [-0.2, 0) is 4.52 Å². The lowest BCUT2D eigenvalue weighted by atomic mass is 10.1. The average molecular weight is 307 g/mol. The maximum Gasteiger partial charge on any atom is 0.215 e. The first-order valence-electron chi connectivity index (χ1n) is 5.20. The van der Waals surface area contributed by atoms with Crippen LogP contribution in [0.4, 0.5) is 0 Å². The molecule has 0 aliphatic heterocycles. The summed E-state index contributed by atoms with van der Waals surface area (Å²) in [5.41, 5.74) is 1.11. The lowest BCUT2D eigenvalue weighted by Gasteiger charge is -2.22. The Morgan fingerprint density at radius 1 is 1.31 bits per heavy atom. The molecule has 0 aliphatic rings. The van der Waals surface area contributed by atoms with Gasteiger partial charge in [-0.25, -0.2) is 0 Å². The number of aryl methyl sites for hydroxylation is 1. The van der Waals surface area contributed by atoms with Crippen LogP contribution in [0.25, 0.3) is 0 Å². The van der Waals surface area contributed by atoms with Crippen molar-refractivity contribution in [2.45, 2.75) is 39.7 Å². The molecule has 1 rings (SSSR count). The largest absolute Gasteiger partial charge is 0.450 e. The van der Waals surface area contributed by atoms with Gasteiger partial charge in [0.25, 0.3) is 0 Å². The van der Waals surface area contributed by atoms with E-state index in [0.29, 0.717) is 0 Å². The van der Waals surface area contributed by atoms with E-state index in [1.165, 1.54) is 5.56 Å². The lowest BCUT2D eigenvalue weighted by Crippen LogP contribution is -2.18. The third-order valence-electron chi connectivity index (χ3n) is 2.32. The molecule has 92 valence electrons. The summed E-state index contributed by atoms with van der Waals surface area (Å²) in [4.78, 5) is 0. The van der Waals surface area contributed by atoms with Crippen molar-refractivity contribution in [2.24, 2.45) is 0 Å². The second-order valence-electron chi connectivity index (χ2n) is 4.22. The van der Waals surface area contributed by atoms with Gasteiger partial charge in [-0.15, -0.1) is 17.0 Å². The van der Waals surface area contributed by atoms with Crippen molar-refractivity contribution in [1.82, 2.24) is 0 Å². The van der Waals surface area contributed by atoms with E-state index >= 15 is 0 Å². The predicted molar refractivity (Wildman–Crippen MR) is 75.9 cm³/mol. The Balaban J connectivity index is 0.00000225. The summed E-state index contributed by atoms with van der Waals surface area (Å²) in [6.45, 7) is 8.29. The maximum absolute atomic E-state index is 5.63. The molecule has 0 saturated heterocycles. The van der Waals surface area contributed by atoms with Gasteiger partial charge >= 0.3 is 0 Å². The number of benzene rings is 1. The van der Waals surface area contributed by atoms with Crippen molar-refractivity contribution in [3.8, 4) is 5.75 Å². The summed E-state index contributed by atoms with van der Waals surface area (Å²) in [6, 6.07) is 7.99. The van der Waals surface area contributed by atoms with E-state index in [1.54, 1.807) is 0 Å². The number of halogens is 1. The van der Waals surface area contributed by atoms with Gasteiger partial charge in [-0.3, -0.25) is 0 Å². The molecular weight excluding hydrogens is 287 g/mol. The van der Waals surface area contributed by atoms with E-state index in [1.807, 2.05) is 31.2 Å². The van der Waals surface area contributed by atoms with Gasteiger partial charge in [0, 0.05) is 0 Å². The van der Waals surface area contributed by atoms with Gasteiger partial charge in [-0.2, -0.15) is 0 Å². The SMILES string of the molecule is Br.CCC(C)(C)OPOc1cccc(C)c1. The Bertz CT molecular complexity index is 316. The van der Waals surface area contributed by atoms with Crippen molar-refractivity contribution >= 4 is 26.0 Å². The first-order chi connectivity index (χ1) is 7.03. The second-order valence-corrected chi connectivity index (χ2v) is 4.79. The summed E-state index contributed by atoms with van der Waals surface area (Å²) in [5, 5.41) is 0. The molecule has 0 aliphatic carbocycles. The van der Waals surface area contributed by atoms with Gasteiger partial charge in [0.15, 0.2) is 0 Å². The highest BCUT2D eigenvalue weighted by molar-refractivity contribution is 8.93. The van der Waals surface area contributed by atoms with E-state index in [2.05, 4.69) is 20.8 Å². The first-order valence-corrected chi connectivity index (χ1v) is 6.02. The molecule has 0 heterocycles. The number of hydrogen-bond donors (Lipinski definition) is 0. The molecule has 0 bridgehead atoms. The van der Waals surface area contributed by atoms with Crippen LogP contribution in [0.15, 0.2) is 24.3 Å². The molecular formula is C12H20BrO2P. The van der Waals surface area contributed by atoms with Crippen LogP contribution in [-0.4, -0.2) is 5.60 Å². The second kappa shape index (κ2) is 7.26. The molecule has 16 heavy (non-hydrogen) atoms. The minimum Gasteiger partial charge on any atom is -0.450 e. The highest BCUT2D eigenvalue weighted by Crippen LogP contribution is 2.28. The summed E-state index contributed by atoms with van der Waals surface area (Å²) in [6.07, 6.45) is 0.983. The molecule has 1 aromatic rings. The zero-order valence-electron chi connectivity index (χ0n) is 10.2. The fourth-order valence-electron chi connectivity index (χ4n) is 0.933. The van der Waals surface area contributed by atoms with Crippen molar-refractivity contribution in [2.75, 3.05) is 0 Å². The Labute approximate surface area is 110 Å². The molecule has 0 spiro atoms. The van der Waals surface area contributed by atoms with Crippen LogP contribution >= 0.6 is 26.0 Å². The molecule has 0 amide bonds. The van der Waals surface area contributed by atoms with Crippen LogP contribution < -0.4 is 4.52 Å².